The molecule has 0 unspecified atom stereocenters. The third-order valence-electron chi connectivity index (χ3n) is 4.76. The summed E-state index contributed by atoms with van der Waals surface area (Å²) >= 11 is 0. The average molecular weight is 389 g/mol. The second kappa shape index (κ2) is 8.43. The quantitative estimate of drug-likeness (QED) is 0.628. The zero-order valence-corrected chi connectivity index (χ0v) is 17.7. The predicted octanol–water partition coefficient (Wildman–Crippen LogP) is 5.49. The van der Waals surface area contributed by atoms with E-state index in [1.165, 1.54) is 5.56 Å². The molecule has 1 heterocycles. The third-order valence-corrected chi connectivity index (χ3v) is 4.76. The highest BCUT2D eigenvalue weighted by atomic mass is 16.2. The van der Waals surface area contributed by atoms with Crippen molar-refractivity contribution in [3.8, 4) is 0 Å². The summed E-state index contributed by atoms with van der Waals surface area (Å²) in [6.07, 6.45) is 3.16. The minimum absolute atomic E-state index is 0.00502. The van der Waals surface area contributed by atoms with Crippen molar-refractivity contribution < 1.29 is 4.79 Å². The molecule has 5 nitrogen and oxygen atoms in total. The van der Waals surface area contributed by atoms with Crippen LogP contribution in [0.15, 0.2) is 60.9 Å². The summed E-state index contributed by atoms with van der Waals surface area (Å²) in [6, 6.07) is 16.0. The lowest BCUT2D eigenvalue weighted by Crippen LogP contribution is -2.30. The molecule has 0 radical (unpaired) electrons. The zero-order chi connectivity index (χ0) is 21.0. The Labute approximate surface area is 172 Å². The smallest absolute Gasteiger partial charge is 0.261 e. The molecule has 0 aliphatic rings. The lowest BCUT2D eigenvalue weighted by atomic mass is 9.86. The van der Waals surface area contributed by atoms with Crippen LogP contribution in [0.2, 0.25) is 0 Å². The van der Waals surface area contributed by atoms with Gasteiger partial charge in [-0.05, 0) is 48.6 Å². The number of para-hydroxylation sites is 1. The van der Waals surface area contributed by atoms with Crippen molar-refractivity contribution in [1.29, 1.82) is 0 Å². The van der Waals surface area contributed by atoms with E-state index in [9.17, 15) is 4.79 Å². The number of hydrogen-bond acceptors (Lipinski definition) is 4. The number of benzene rings is 2. The third kappa shape index (κ3) is 4.80. The Hall–Kier alpha value is -3.21. The highest BCUT2D eigenvalue weighted by molar-refractivity contribution is 6.05. The maximum absolute atomic E-state index is 13.0. The summed E-state index contributed by atoms with van der Waals surface area (Å²) in [5, 5.41) is 3.28. The number of carbonyl (C=O) groups is 1. The molecular weight excluding hydrogens is 360 g/mol. The molecule has 0 saturated carbocycles. The Morgan fingerprint density at radius 1 is 1.03 bits per heavy atom. The van der Waals surface area contributed by atoms with Crippen molar-refractivity contribution in [2.24, 2.45) is 0 Å². The van der Waals surface area contributed by atoms with Crippen molar-refractivity contribution in [2.45, 2.75) is 40.0 Å². The molecule has 5 heteroatoms. The van der Waals surface area contributed by atoms with Gasteiger partial charge in [0.15, 0.2) is 0 Å². The van der Waals surface area contributed by atoms with Crippen molar-refractivity contribution in [2.75, 3.05) is 16.8 Å². The topological polar surface area (TPSA) is 58.1 Å². The lowest BCUT2D eigenvalue weighted by Gasteiger charge is -2.23. The molecule has 29 heavy (non-hydrogen) atoms. The van der Waals surface area contributed by atoms with Crippen molar-refractivity contribution in [3.05, 3.63) is 77.6 Å². The number of hydrogen-bond donors (Lipinski definition) is 1. The van der Waals surface area contributed by atoms with Crippen LogP contribution >= 0.6 is 0 Å². The fourth-order valence-corrected chi connectivity index (χ4v) is 3.26. The van der Waals surface area contributed by atoms with E-state index in [-0.39, 0.29) is 11.3 Å². The van der Waals surface area contributed by atoms with Gasteiger partial charge in [0, 0.05) is 30.3 Å². The molecular formula is C24H28N4O. The summed E-state index contributed by atoms with van der Waals surface area (Å²) < 4.78 is 0. The fraction of sp³-hybridized carbons (Fsp3) is 0.292. The molecule has 0 aliphatic heterocycles. The van der Waals surface area contributed by atoms with E-state index in [4.69, 9.17) is 0 Å². The van der Waals surface area contributed by atoms with E-state index in [0.29, 0.717) is 18.1 Å². The summed E-state index contributed by atoms with van der Waals surface area (Å²) in [7, 11) is 0. The van der Waals surface area contributed by atoms with Crippen molar-refractivity contribution in [1.82, 2.24) is 9.97 Å². The number of rotatable bonds is 5. The molecule has 3 aromatic rings. The van der Waals surface area contributed by atoms with Gasteiger partial charge in [0.25, 0.3) is 5.91 Å². The SMILES string of the molecule is CCN(C(=O)c1cnc(Nc2ccccc2C(C)(C)C)nc1)c1cccc(C)c1. The molecule has 0 atom stereocenters. The van der Waals surface area contributed by atoms with E-state index in [2.05, 4.69) is 42.1 Å². The first-order valence-corrected chi connectivity index (χ1v) is 9.86. The summed E-state index contributed by atoms with van der Waals surface area (Å²) in [5.74, 6) is 0.358. The van der Waals surface area contributed by atoms with Gasteiger partial charge in [-0.25, -0.2) is 9.97 Å². The van der Waals surface area contributed by atoms with Crippen LogP contribution < -0.4 is 10.2 Å². The number of nitrogens with one attached hydrogen (secondary N) is 1. The summed E-state index contributed by atoms with van der Waals surface area (Å²) in [4.78, 5) is 23.5. The van der Waals surface area contributed by atoms with Crippen LogP contribution in [0, 0.1) is 6.92 Å². The van der Waals surface area contributed by atoms with E-state index in [1.54, 1.807) is 17.3 Å². The van der Waals surface area contributed by atoms with Gasteiger partial charge in [-0.15, -0.1) is 0 Å². The number of aromatic nitrogens is 2. The first kappa shape index (κ1) is 20.5. The van der Waals surface area contributed by atoms with Crippen LogP contribution in [0.4, 0.5) is 17.3 Å². The average Bonchev–Trinajstić information content (AvgIpc) is 2.69. The van der Waals surface area contributed by atoms with Gasteiger partial charge in [0.05, 0.1) is 5.56 Å². The van der Waals surface area contributed by atoms with Gasteiger partial charge in [-0.2, -0.15) is 0 Å². The van der Waals surface area contributed by atoms with E-state index >= 15 is 0 Å². The standard InChI is InChI=1S/C24H28N4O/c1-6-28(19-11-9-10-17(2)14-19)22(29)18-15-25-23(26-16-18)27-21-13-8-7-12-20(21)24(3,4)5/h7-16H,6H2,1-5H3,(H,25,26,27). The molecule has 1 N–H and O–H groups in total. The monoisotopic (exact) mass is 388 g/mol. The number of carbonyl (C=O) groups excluding carboxylic acids is 1. The molecule has 0 spiro atoms. The zero-order valence-electron chi connectivity index (χ0n) is 17.7. The molecule has 1 aromatic heterocycles. The second-order valence-corrected chi connectivity index (χ2v) is 8.10. The molecule has 0 saturated heterocycles. The van der Waals surface area contributed by atoms with Crippen LogP contribution in [0.3, 0.4) is 0 Å². The van der Waals surface area contributed by atoms with Gasteiger partial charge in [-0.1, -0.05) is 51.1 Å². The molecule has 0 fully saturated rings. The number of aryl methyl sites for hydroxylation is 1. The minimum Gasteiger partial charge on any atom is -0.324 e. The van der Waals surface area contributed by atoms with Crippen LogP contribution in [0.1, 0.15) is 49.2 Å². The molecule has 3 rings (SSSR count). The molecule has 150 valence electrons. The summed E-state index contributed by atoms with van der Waals surface area (Å²) in [6.45, 7) is 11.0. The van der Waals surface area contributed by atoms with Gasteiger partial charge < -0.3 is 10.2 Å². The second-order valence-electron chi connectivity index (χ2n) is 8.10. The lowest BCUT2D eigenvalue weighted by molar-refractivity contribution is 0.0987. The van der Waals surface area contributed by atoms with Gasteiger partial charge >= 0.3 is 0 Å². The van der Waals surface area contributed by atoms with Gasteiger partial charge in [0.1, 0.15) is 0 Å². The first-order valence-electron chi connectivity index (χ1n) is 9.86. The predicted molar refractivity (Wildman–Crippen MR) is 119 cm³/mol. The highest BCUT2D eigenvalue weighted by Gasteiger charge is 2.19. The fourth-order valence-electron chi connectivity index (χ4n) is 3.26. The largest absolute Gasteiger partial charge is 0.324 e. The molecule has 2 aromatic carbocycles. The Bertz CT molecular complexity index is 990. The Morgan fingerprint density at radius 2 is 1.72 bits per heavy atom. The maximum atomic E-state index is 13.0. The number of amides is 1. The molecule has 1 amide bonds. The summed E-state index contributed by atoms with van der Waals surface area (Å²) in [5.41, 5.74) is 4.59. The number of anilines is 3. The van der Waals surface area contributed by atoms with Crippen LogP contribution in [-0.2, 0) is 5.41 Å². The van der Waals surface area contributed by atoms with E-state index < -0.39 is 0 Å². The number of nitrogens with zero attached hydrogens (tertiary/aromatic N) is 3. The minimum atomic E-state index is -0.111. The van der Waals surface area contributed by atoms with Crippen LogP contribution in [-0.4, -0.2) is 22.4 Å². The Balaban J connectivity index is 1.81. The highest BCUT2D eigenvalue weighted by Crippen LogP contribution is 2.30. The molecule has 0 aliphatic carbocycles. The molecule has 0 bridgehead atoms. The Morgan fingerprint density at radius 3 is 2.34 bits per heavy atom. The van der Waals surface area contributed by atoms with Crippen molar-refractivity contribution >= 4 is 23.2 Å². The van der Waals surface area contributed by atoms with E-state index in [1.807, 2.05) is 56.3 Å². The van der Waals surface area contributed by atoms with E-state index in [0.717, 1.165) is 16.9 Å². The van der Waals surface area contributed by atoms with Gasteiger partial charge in [-0.3, -0.25) is 4.79 Å². The maximum Gasteiger partial charge on any atom is 0.261 e. The van der Waals surface area contributed by atoms with Crippen molar-refractivity contribution in [3.63, 3.8) is 0 Å². The van der Waals surface area contributed by atoms with Crippen LogP contribution in [0.25, 0.3) is 0 Å². The van der Waals surface area contributed by atoms with Gasteiger partial charge in [0.2, 0.25) is 5.95 Å². The first-order chi connectivity index (χ1) is 13.8. The van der Waals surface area contributed by atoms with Crippen LogP contribution in [0.5, 0.6) is 0 Å². The normalized spacial score (nSPS) is 11.2. The Kier molecular flexibility index (Phi) is 5.97.